The number of halogens is 8. The molecule has 0 atom stereocenters. The molecule has 3 heterocycles. The summed E-state index contributed by atoms with van der Waals surface area (Å²) in [7, 11) is 0. The van der Waals surface area contributed by atoms with Crippen molar-refractivity contribution in [2.45, 2.75) is 52.5 Å². The van der Waals surface area contributed by atoms with Gasteiger partial charge >= 0.3 is 18.3 Å². The van der Waals surface area contributed by atoms with E-state index in [9.17, 15) is 35.1 Å². The smallest absolute Gasteiger partial charge is 0.458 e. The Labute approximate surface area is 445 Å². The first kappa shape index (κ1) is 35.0. The van der Waals surface area contributed by atoms with Gasteiger partial charge in [0.25, 0.3) is 0 Å². The van der Waals surface area contributed by atoms with Crippen LogP contribution in [0.3, 0.4) is 0 Å². The number of benzene rings is 7. The van der Waals surface area contributed by atoms with E-state index in [0.29, 0.717) is 39.7 Å². The third kappa shape index (κ3) is 9.98. The summed E-state index contributed by atoms with van der Waals surface area (Å²) < 4.78 is 235. The number of pyridine rings is 2. The number of hydrogen-bond acceptors (Lipinski definition) is 3. The molecule has 3 nitrogen and oxygen atoms in total. The summed E-state index contributed by atoms with van der Waals surface area (Å²) >= 11 is 0. The van der Waals surface area contributed by atoms with Gasteiger partial charge in [0.2, 0.25) is 0 Å². The largest absolute Gasteiger partial charge is 0.500 e. The van der Waals surface area contributed by atoms with Crippen LogP contribution in [0.1, 0.15) is 59.5 Å². The van der Waals surface area contributed by atoms with E-state index in [1.165, 1.54) is 48.5 Å². The van der Waals surface area contributed by atoms with E-state index < -0.39 is 74.9 Å². The molecule has 0 spiro atoms. The number of aromatic nitrogens is 2. The first-order chi connectivity index (χ1) is 39.9. The predicted molar refractivity (Wildman–Crippen MR) is 265 cm³/mol. The molecule has 0 unspecified atom stereocenters. The fourth-order valence-corrected chi connectivity index (χ4v) is 8.13. The van der Waals surface area contributed by atoms with Crippen molar-refractivity contribution >= 4 is 21.9 Å². The maximum Gasteiger partial charge on any atom is 0.458 e. The van der Waals surface area contributed by atoms with Crippen LogP contribution in [0.2, 0.25) is 0 Å². The fraction of sp³-hybridized carbons (Fsp3) is 0.133. The molecule has 12 heteroatoms. The van der Waals surface area contributed by atoms with Crippen LogP contribution in [0.15, 0.2) is 168 Å². The van der Waals surface area contributed by atoms with Gasteiger partial charge in [0, 0.05) is 69.6 Å². The standard InChI is InChI=1S/C39H30NO.C21H12F8N.Ir/c1-24-19-34(30-16-9-15-29(21-30)28-13-6-5-7-14-28)39-35(20-24)31-17-10-18-32(38(31)41-39)36-22-33(27(4)23-40-36)37-25(2)11-8-12-26(37)3;1-12-11-30-18(10-17(12)19(22,23)21(27,28)29)14-7-8-16(20(24,25)26)15(9-14)13-5-3-2-4-6-13;/h5-17,19-23H,1-4H3;2-6,8-11H,1H3;/q2*-1;/i1D3,2D3,3D3,4D3;1D3;. The van der Waals surface area contributed by atoms with E-state index in [1.807, 2.05) is 54.6 Å². The normalized spacial score (nSPS) is 15.8. The molecule has 0 aliphatic heterocycles. The quantitative estimate of drug-likeness (QED) is 0.118. The number of rotatable bonds is 7. The van der Waals surface area contributed by atoms with Gasteiger partial charge in [0.05, 0.1) is 5.58 Å². The second kappa shape index (κ2) is 20.1. The van der Waals surface area contributed by atoms with Crippen LogP contribution in [0.25, 0.3) is 89.0 Å². The molecule has 10 rings (SSSR count). The second-order valence-corrected chi connectivity index (χ2v) is 16.1. The molecule has 0 saturated heterocycles. The fourth-order valence-electron chi connectivity index (χ4n) is 8.13. The monoisotopic (exact) mass is 1170 g/mol. The molecule has 0 fully saturated rings. The molecule has 0 aliphatic carbocycles. The van der Waals surface area contributed by atoms with Crippen molar-refractivity contribution < 1.29 is 80.2 Å². The topological polar surface area (TPSA) is 38.9 Å². The molecule has 1 radical (unpaired) electrons. The molecule has 0 aliphatic rings. The number of fused-ring (bicyclic) bond motifs is 3. The maximum atomic E-state index is 14.2. The predicted octanol–water partition coefficient (Wildman–Crippen LogP) is 17.9. The second-order valence-electron chi connectivity index (χ2n) is 16.1. The van der Waals surface area contributed by atoms with Crippen molar-refractivity contribution in [3.63, 3.8) is 0 Å². The Kier molecular flexibility index (Phi) is 9.75. The van der Waals surface area contributed by atoms with E-state index in [4.69, 9.17) is 25.0 Å². The molecule has 72 heavy (non-hydrogen) atoms. The van der Waals surface area contributed by atoms with Crippen molar-refractivity contribution in [1.82, 2.24) is 9.97 Å². The first-order valence-electron chi connectivity index (χ1n) is 28.7. The molecule has 0 saturated carbocycles. The molecule has 10 aromatic rings. The Balaban J connectivity index is 0.000000249. The Morgan fingerprint density at radius 1 is 0.500 bits per heavy atom. The van der Waals surface area contributed by atoms with Gasteiger partial charge in [-0.2, -0.15) is 35.1 Å². The number of nitrogens with zero attached hydrogens (tertiary/aromatic N) is 2. The van der Waals surface area contributed by atoms with Crippen LogP contribution in [0, 0.1) is 46.4 Å². The average molecular weight is 1170 g/mol. The Bertz CT molecular complexity index is 4150. The van der Waals surface area contributed by atoms with Gasteiger partial charge in [-0.25, -0.2) is 0 Å². The summed E-state index contributed by atoms with van der Waals surface area (Å²) in [6, 6.07) is 43.2. The van der Waals surface area contributed by atoms with Gasteiger partial charge in [0.15, 0.2) is 0 Å². The van der Waals surface area contributed by atoms with Crippen LogP contribution in [0.5, 0.6) is 0 Å². The minimum Gasteiger partial charge on any atom is -0.500 e. The minimum atomic E-state index is -6.12. The SMILES string of the molecule is [2H]C([2H])([2H])c1cc(-c2cccc(-c3ccccc3)c2)c2oc3c(-c4cc(-c5c(C([2H])([2H])[2H])cccc5C([2H])([2H])[2H])c(C([2H])([2H])[2H])cn4)[c-]ccc3c2c1.[2H]C([2H])([2H])c1cnc(-c2[c-]cc(C(F)(F)F)c(-c3ccccc3)c2)cc1C(F)(F)C(F)(F)F.[Ir]. The molecule has 7 aromatic carbocycles. The van der Waals surface area contributed by atoms with E-state index in [1.54, 1.807) is 30.3 Å². The third-order valence-electron chi connectivity index (χ3n) is 11.5. The summed E-state index contributed by atoms with van der Waals surface area (Å²) in [6.07, 6.45) is -9.50. The van der Waals surface area contributed by atoms with E-state index >= 15 is 0 Å². The summed E-state index contributed by atoms with van der Waals surface area (Å²) in [4.78, 5) is 8.09. The van der Waals surface area contributed by atoms with Gasteiger partial charge in [-0.15, -0.1) is 42.0 Å². The van der Waals surface area contributed by atoms with E-state index in [2.05, 4.69) is 22.1 Å². The Morgan fingerprint density at radius 3 is 1.81 bits per heavy atom. The molecule has 0 N–H and O–H groups in total. The molecular formula is C60H42F8IrN2O-2. The first-order valence-corrected chi connectivity index (χ1v) is 21.2. The van der Waals surface area contributed by atoms with Crippen molar-refractivity contribution in [2.24, 2.45) is 0 Å². The zero-order valence-electron chi connectivity index (χ0n) is 51.7. The summed E-state index contributed by atoms with van der Waals surface area (Å²) in [5.74, 6) is -5.55. The van der Waals surface area contributed by atoms with Crippen LogP contribution >= 0.6 is 0 Å². The van der Waals surface area contributed by atoms with Crippen LogP contribution in [-0.2, 0) is 32.2 Å². The molecule has 0 amide bonds. The van der Waals surface area contributed by atoms with E-state index in [-0.39, 0.29) is 93.1 Å². The zero-order valence-corrected chi connectivity index (χ0v) is 39.1. The molecule has 0 bridgehead atoms. The minimum absolute atomic E-state index is 0. The van der Waals surface area contributed by atoms with Crippen LogP contribution < -0.4 is 0 Å². The van der Waals surface area contributed by atoms with Gasteiger partial charge in [-0.3, -0.25) is 0 Å². The van der Waals surface area contributed by atoms with Gasteiger partial charge in [-0.05, 0) is 131 Å². The van der Waals surface area contributed by atoms with Crippen LogP contribution in [0.4, 0.5) is 35.1 Å². The van der Waals surface area contributed by atoms with Crippen molar-refractivity contribution in [2.75, 3.05) is 0 Å². The third-order valence-corrected chi connectivity index (χ3v) is 11.5. The summed E-state index contributed by atoms with van der Waals surface area (Å²) in [5, 5.41) is 1.05. The molecular weight excluding hydrogens is 1110 g/mol. The maximum absolute atomic E-state index is 14.2. The molecule has 365 valence electrons. The zero-order chi connectivity index (χ0) is 62.9. The number of alkyl halides is 8. The number of aryl methyl sites for hydroxylation is 5. The Morgan fingerprint density at radius 2 is 1.14 bits per heavy atom. The average Bonchev–Trinajstić information content (AvgIpc) is 1.78. The van der Waals surface area contributed by atoms with Crippen molar-refractivity contribution in [1.29, 1.82) is 0 Å². The van der Waals surface area contributed by atoms with Crippen molar-refractivity contribution in [3.8, 4) is 67.0 Å². The van der Waals surface area contributed by atoms with E-state index in [0.717, 1.165) is 23.4 Å². The number of furan rings is 1. The summed E-state index contributed by atoms with van der Waals surface area (Å²) in [6.45, 7) is -14.2. The summed E-state index contributed by atoms with van der Waals surface area (Å²) in [5.41, 5.74) is -2.54. The number of hydrogen-bond donors (Lipinski definition) is 0. The van der Waals surface area contributed by atoms with Gasteiger partial charge in [-0.1, -0.05) is 126 Å². The van der Waals surface area contributed by atoms with Gasteiger partial charge < -0.3 is 14.4 Å². The Hall–Kier alpha value is -7.27. The van der Waals surface area contributed by atoms with Crippen molar-refractivity contribution in [3.05, 3.63) is 215 Å². The molecule has 3 aromatic heterocycles. The van der Waals surface area contributed by atoms with Gasteiger partial charge in [0.1, 0.15) is 5.58 Å². The van der Waals surface area contributed by atoms with Crippen LogP contribution in [-0.4, -0.2) is 16.1 Å².